The highest BCUT2D eigenvalue weighted by molar-refractivity contribution is 9.10. The molecule has 0 saturated heterocycles. The van der Waals surface area contributed by atoms with Crippen molar-refractivity contribution < 1.29 is 13.2 Å². The highest BCUT2D eigenvalue weighted by Crippen LogP contribution is 2.27. The molecule has 0 aliphatic rings. The predicted molar refractivity (Wildman–Crippen MR) is 86.5 cm³/mol. The standard InChI is InChI=1S/C15H11BrN2O3S/c1-10(19)14-9-18(15-13(14)7-11(16)8-17-15)22(20,21)12-5-3-2-4-6-12/h2-9H,1H3. The number of benzene rings is 1. The summed E-state index contributed by atoms with van der Waals surface area (Å²) in [6, 6.07) is 9.74. The third-order valence-corrected chi connectivity index (χ3v) is 5.36. The third kappa shape index (κ3) is 2.36. The Labute approximate surface area is 135 Å². The van der Waals surface area contributed by atoms with Crippen LogP contribution >= 0.6 is 15.9 Å². The molecule has 3 aromatic rings. The number of rotatable bonds is 3. The van der Waals surface area contributed by atoms with Crippen LogP contribution in [0.15, 0.2) is 58.2 Å². The zero-order valence-electron chi connectivity index (χ0n) is 11.5. The lowest BCUT2D eigenvalue weighted by molar-refractivity contribution is 0.101. The number of carbonyl (C=O) groups excluding carboxylic acids is 1. The molecule has 22 heavy (non-hydrogen) atoms. The molecule has 0 N–H and O–H groups in total. The van der Waals surface area contributed by atoms with Gasteiger partial charge < -0.3 is 0 Å². The number of hydrogen-bond acceptors (Lipinski definition) is 4. The van der Waals surface area contributed by atoms with Gasteiger partial charge in [0.05, 0.1) is 4.90 Å². The van der Waals surface area contributed by atoms with Gasteiger partial charge in [-0.3, -0.25) is 4.79 Å². The zero-order chi connectivity index (χ0) is 15.9. The van der Waals surface area contributed by atoms with Gasteiger partial charge in [-0.15, -0.1) is 0 Å². The first-order chi connectivity index (χ1) is 10.4. The number of nitrogens with zero attached hydrogens (tertiary/aromatic N) is 2. The Kier molecular flexibility index (Phi) is 3.62. The molecule has 3 rings (SSSR count). The predicted octanol–water partition coefficient (Wildman–Crippen LogP) is 3.24. The van der Waals surface area contributed by atoms with Crippen molar-refractivity contribution in [2.75, 3.05) is 0 Å². The normalized spacial score (nSPS) is 11.7. The van der Waals surface area contributed by atoms with Gasteiger partial charge in [-0.2, -0.15) is 0 Å². The van der Waals surface area contributed by atoms with E-state index in [0.29, 0.717) is 15.4 Å². The Morgan fingerprint density at radius 1 is 1.23 bits per heavy atom. The lowest BCUT2D eigenvalue weighted by Crippen LogP contribution is -2.12. The fourth-order valence-corrected chi connectivity index (χ4v) is 3.90. The van der Waals surface area contributed by atoms with Crippen molar-refractivity contribution in [1.29, 1.82) is 0 Å². The summed E-state index contributed by atoms with van der Waals surface area (Å²) in [6.07, 6.45) is 2.83. The molecule has 7 heteroatoms. The van der Waals surface area contributed by atoms with Gasteiger partial charge in [0.2, 0.25) is 0 Å². The van der Waals surface area contributed by atoms with E-state index in [1.807, 2.05) is 0 Å². The number of aromatic nitrogens is 2. The molecule has 0 radical (unpaired) electrons. The Morgan fingerprint density at radius 3 is 2.55 bits per heavy atom. The van der Waals surface area contributed by atoms with Crippen LogP contribution in [0.2, 0.25) is 0 Å². The van der Waals surface area contributed by atoms with Crippen molar-refractivity contribution in [3.8, 4) is 0 Å². The molecule has 0 spiro atoms. The molecule has 0 unspecified atom stereocenters. The van der Waals surface area contributed by atoms with E-state index in [-0.39, 0.29) is 16.3 Å². The summed E-state index contributed by atoms with van der Waals surface area (Å²) < 4.78 is 27.3. The molecule has 0 bridgehead atoms. The monoisotopic (exact) mass is 378 g/mol. The quantitative estimate of drug-likeness (QED) is 0.656. The number of Topliss-reactive ketones (excluding diaryl/α,β-unsaturated/α-hetero) is 1. The van der Waals surface area contributed by atoms with Gasteiger partial charge in [0.25, 0.3) is 10.0 Å². The number of fused-ring (bicyclic) bond motifs is 1. The van der Waals surface area contributed by atoms with Crippen molar-refractivity contribution >= 4 is 42.8 Å². The summed E-state index contributed by atoms with van der Waals surface area (Å²) in [5.74, 6) is -0.216. The molecule has 1 aromatic carbocycles. The van der Waals surface area contributed by atoms with Gasteiger partial charge in [-0.25, -0.2) is 17.4 Å². The summed E-state index contributed by atoms with van der Waals surface area (Å²) >= 11 is 3.29. The maximum atomic E-state index is 12.8. The van der Waals surface area contributed by atoms with E-state index in [0.717, 1.165) is 3.97 Å². The molecular formula is C15H11BrN2O3S. The van der Waals surface area contributed by atoms with E-state index in [2.05, 4.69) is 20.9 Å². The summed E-state index contributed by atoms with van der Waals surface area (Å²) in [4.78, 5) is 16.1. The van der Waals surface area contributed by atoms with Crippen LogP contribution in [0.4, 0.5) is 0 Å². The number of carbonyl (C=O) groups is 1. The second-order valence-electron chi connectivity index (χ2n) is 4.74. The second kappa shape index (κ2) is 5.33. The SMILES string of the molecule is CC(=O)c1cn(S(=O)(=O)c2ccccc2)c2ncc(Br)cc12. The van der Waals surface area contributed by atoms with E-state index in [1.54, 1.807) is 24.3 Å². The van der Waals surface area contributed by atoms with Gasteiger partial charge in [-0.1, -0.05) is 18.2 Å². The van der Waals surface area contributed by atoms with Crippen LogP contribution in [0.25, 0.3) is 11.0 Å². The van der Waals surface area contributed by atoms with Crippen molar-refractivity contribution in [2.45, 2.75) is 11.8 Å². The van der Waals surface area contributed by atoms with Gasteiger partial charge in [0.1, 0.15) is 0 Å². The third-order valence-electron chi connectivity index (χ3n) is 3.26. The fraction of sp³-hybridized carbons (Fsp3) is 0.0667. The Morgan fingerprint density at radius 2 is 1.91 bits per heavy atom. The molecule has 5 nitrogen and oxygen atoms in total. The molecule has 2 aromatic heterocycles. The fourth-order valence-electron chi connectivity index (χ4n) is 2.22. The van der Waals surface area contributed by atoms with E-state index in [1.165, 1.54) is 31.5 Å². The van der Waals surface area contributed by atoms with Gasteiger partial charge in [0, 0.05) is 27.8 Å². The van der Waals surface area contributed by atoms with Gasteiger partial charge in [-0.05, 0) is 41.1 Å². The van der Waals surface area contributed by atoms with Crippen LogP contribution < -0.4 is 0 Å². The first kappa shape index (κ1) is 14.9. The van der Waals surface area contributed by atoms with E-state index >= 15 is 0 Å². The molecule has 112 valence electrons. The highest BCUT2D eigenvalue weighted by Gasteiger charge is 2.23. The maximum Gasteiger partial charge on any atom is 0.269 e. The number of halogens is 1. The largest absolute Gasteiger partial charge is 0.294 e. The Hall–Kier alpha value is -1.99. The lowest BCUT2D eigenvalue weighted by Gasteiger charge is -2.06. The average molecular weight is 379 g/mol. The van der Waals surface area contributed by atoms with Crippen molar-refractivity contribution in [3.05, 3.63) is 58.8 Å². The molecule has 2 heterocycles. The van der Waals surface area contributed by atoms with Gasteiger partial charge >= 0.3 is 0 Å². The minimum absolute atomic E-state index is 0.145. The van der Waals surface area contributed by atoms with Gasteiger partial charge in [0.15, 0.2) is 11.4 Å². The van der Waals surface area contributed by atoms with Crippen LogP contribution in [-0.2, 0) is 10.0 Å². The number of ketones is 1. The molecule has 0 aliphatic heterocycles. The zero-order valence-corrected chi connectivity index (χ0v) is 13.9. The van der Waals surface area contributed by atoms with Crippen LogP contribution in [0, 0.1) is 0 Å². The molecule has 0 fully saturated rings. The van der Waals surface area contributed by atoms with Crippen LogP contribution in [0.3, 0.4) is 0 Å². The van der Waals surface area contributed by atoms with Crippen molar-refractivity contribution in [2.24, 2.45) is 0 Å². The topological polar surface area (TPSA) is 69.0 Å². The lowest BCUT2D eigenvalue weighted by atomic mass is 10.2. The molecule has 0 aliphatic carbocycles. The smallest absolute Gasteiger partial charge is 0.269 e. The van der Waals surface area contributed by atoms with Crippen molar-refractivity contribution in [3.63, 3.8) is 0 Å². The average Bonchev–Trinajstić information content (AvgIpc) is 2.87. The molecule has 0 amide bonds. The first-order valence-corrected chi connectivity index (χ1v) is 8.63. The first-order valence-electron chi connectivity index (χ1n) is 6.39. The van der Waals surface area contributed by atoms with Crippen LogP contribution in [-0.4, -0.2) is 23.2 Å². The number of hydrogen-bond donors (Lipinski definition) is 0. The molecular weight excluding hydrogens is 368 g/mol. The summed E-state index contributed by atoms with van der Waals surface area (Å²) in [5, 5.41) is 0.501. The van der Waals surface area contributed by atoms with E-state index < -0.39 is 10.0 Å². The van der Waals surface area contributed by atoms with Crippen LogP contribution in [0.5, 0.6) is 0 Å². The summed E-state index contributed by atoms with van der Waals surface area (Å²) in [5.41, 5.74) is 0.556. The van der Waals surface area contributed by atoms with Crippen LogP contribution in [0.1, 0.15) is 17.3 Å². The minimum Gasteiger partial charge on any atom is -0.294 e. The summed E-state index contributed by atoms with van der Waals surface area (Å²) in [6.45, 7) is 1.40. The van der Waals surface area contributed by atoms with E-state index in [9.17, 15) is 13.2 Å². The summed E-state index contributed by atoms with van der Waals surface area (Å²) in [7, 11) is -3.80. The molecule has 0 atom stereocenters. The highest BCUT2D eigenvalue weighted by atomic mass is 79.9. The maximum absolute atomic E-state index is 12.8. The Bertz CT molecular complexity index is 979. The van der Waals surface area contributed by atoms with E-state index in [4.69, 9.17) is 0 Å². The Balaban J connectivity index is 2.35. The second-order valence-corrected chi connectivity index (χ2v) is 7.47. The molecule has 0 saturated carbocycles. The number of pyridine rings is 1. The van der Waals surface area contributed by atoms with Crippen molar-refractivity contribution in [1.82, 2.24) is 8.96 Å². The minimum atomic E-state index is -3.80.